The second-order valence-electron chi connectivity index (χ2n) is 5.61. The van der Waals surface area contributed by atoms with E-state index in [1.807, 2.05) is 24.3 Å². The Balaban J connectivity index is 2.12. The van der Waals surface area contributed by atoms with Gasteiger partial charge in [-0.25, -0.2) is 0 Å². The molecule has 0 amide bonds. The molecule has 1 aliphatic rings. The van der Waals surface area contributed by atoms with Crippen molar-refractivity contribution in [1.82, 2.24) is 0 Å². The molecule has 1 aromatic carbocycles. The van der Waals surface area contributed by atoms with Gasteiger partial charge in [0.05, 0.1) is 12.1 Å². The number of benzene rings is 1. The van der Waals surface area contributed by atoms with Crippen LogP contribution in [0.1, 0.15) is 39.0 Å². The average molecular weight is 268 g/mol. The van der Waals surface area contributed by atoms with Crippen molar-refractivity contribution in [2.45, 2.75) is 44.6 Å². The molecule has 2 N–H and O–H groups in total. The lowest BCUT2D eigenvalue weighted by Crippen LogP contribution is -2.41. The lowest BCUT2D eigenvalue weighted by Gasteiger charge is -2.33. The zero-order chi connectivity index (χ0) is 13.0. The number of aliphatic hydroxyl groups is 1. The van der Waals surface area contributed by atoms with Gasteiger partial charge < -0.3 is 10.4 Å². The Morgan fingerprint density at radius 3 is 2.94 bits per heavy atom. The number of anilines is 1. The van der Waals surface area contributed by atoms with Crippen LogP contribution < -0.4 is 5.32 Å². The number of nitrogens with one attached hydrogen (secondary N) is 1. The van der Waals surface area contributed by atoms with E-state index >= 15 is 0 Å². The van der Waals surface area contributed by atoms with E-state index in [0.29, 0.717) is 0 Å². The summed E-state index contributed by atoms with van der Waals surface area (Å²) >= 11 is 6.00. The van der Waals surface area contributed by atoms with E-state index in [0.717, 1.165) is 29.5 Å². The largest absolute Gasteiger partial charge is 0.394 e. The SMILES string of the molecule is CC1CCCC(CO)(Nc2cccc(Cl)c2)CC1. The van der Waals surface area contributed by atoms with Gasteiger partial charge in [-0.05, 0) is 43.4 Å². The van der Waals surface area contributed by atoms with Crippen molar-refractivity contribution in [2.75, 3.05) is 11.9 Å². The number of hydrogen-bond acceptors (Lipinski definition) is 2. The van der Waals surface area contributed by atoms with Crippen LogP contribution in [0.15, 0.2) is 24.3 Å². The molecule has 3 heteroatoms. The van der Waals surface area contributed by atoms with Gasteiger partial charge in [-0.3, -0.25) is 0 Å². The first-order chi connectivity index (χ1) is 8.63. The zero-order valence-corrected chi connectivity index (χ0v) is 11.7. The predicted molar refractivity (Wildman–Crippen MR) is 77.1 cm³/mol. The van der Waals surface area contributed by atoms with Gasteiger partial charge in [0.25, 0.3) is 0 Å². The molecular formula is C15H22ClNO. The minimum absolute atomic E-state index is 0.171. The molecule has 0 heterocycles. The van der Waals surface area contributed by atoms with E-state index < -0.39 is 0 Å². The number of hydrogen-bond donors (Lipinski definition) is 2. The van der Waals surface area contributed by atoms with E-state index in [1.165, 1.54) is 19.3 Å². The molecule has 2 nitrogen and oxygen atoms in total. The molecule has 1 aliphatic carbocycles. The lowest BCUT2D eigenvalue weighted by atomic mass is 9.90. The maximum Gasteiger partial charge on any atom is 0.0661 e. The molecule has 18 heavy (non-hydrogen) atoms. The number of rotatable bonds is 3. The van der Waals surface area contributed by atoms with Crippen molar-refractivity contribution in [1.29, 1.82) is 0 Å². The summed E-state index contributed by atoms with van der Waals surface area (Å²) in [7, 11) is 0. The molecule has 2 rings (SSSR count). The first kappa shape index (κ1) is 13.7. The van der Waals surface area contributed by atoms with Crippen LogP contribution >= 0.6 is 11.6 Å². The molecule has 0 saturated heterocycles. The van der Waals surface area contributed by atoms with Crippen molar-refractivity contribution in [3.05, 3.63) is 29.3 Å². The van der Waals surface area contributed by atoms with Crippen LogP contribution in [0.2, 0.25) is 5.02 Å². The van der Waals surface area contributed by atoms with Crippen molar-refractivity contribution in [3.8, 4) is 0 Å². The van der Waals surface area contributed by atoms with Gasteiger partial charge in [0, 0.05) is 10.7 Å². The minimum atomic E-state index is -0.171. The van der Waals surface area contributed by atoms with Gasteiger partial charge in [-0.15, -0.1) is 0 Å². The molecule has 0 spiro atoms. The Labute approximate surface area is 114 Å². The van der Waals surface area contributed by atoms with Gasteiger partial charge in [-0.2, -0.15) is 0 Å². The molecule has 0 aliphatic heterocycles. The number of aliphatic hydroxyl groups excluding tert-OH is 1. The second kappa shape index (κ2) is 5.94. The van der Waals surface area contributed by atoms with Crippen LogP contribution in [-0.4, -0.2) is 17.3 Å². The summed E-state index contributed by atoms with van der Waals surface area (Å²) < 4.78 is 0. The summed E-state index contributed by atoms with van der Waals surface area (Å²) in [5.41, 5.74) is 0.834. The van der Waals surface area contributed by atoms with Gasteiger partial charge in [0.15, 0.2) is 0 Å². The Hall–Kier alpha value is -0.730. The first-order valence-electron chi connectivity index (χ1n) is 6.78. The fraction of sp³-hybridized carbons (Fsp3) is 0.600. The topological polar surface area (TPSA) is 32.3 Å². The van der Waals surface area contributed by atoms with Crippen LogP contribution in [0.4, 0.5) is 5.69 Å². The third-order valence-corrected chi connectivity index (χ3v) is 4.24. The van der Waals surface area contributed by atoms with Crippen molar-refractivity contribution < 1.29 is 5.11 Å². The maximum absolute atomic E-state index is 9.79. The third kappa shape index (κ3) is 3.39. The summed E-state index contributed by atoms with van der Waals surface area (Å²) in [6.45, 7) is 2.49. The van der Waals surface area contributed by atoms with E-state index in [4.69, 9.17) is 11.6 Å². The summed E-state index contributed by atoms with van der Waals surface area (Å²) in [6, 6.07) is 7.74. The Morgan fingerprint density at radius 1 is 1.39 bits per heavy atom. The van der Waals surface area contributed by atoms with E-state index in [2.05, 4.69) is 12.2 Å². The molecular weight excluding hydrogens is 246 g/mol. The standard InChI is InChI=1S/C15H22ClNO/c1-12-4-3-8-15(11-18,9-7-12)17-14-6-2-5-13(16)10-14/h2,5-6,10,12,17-18H,3-4,7-9,11H2,1H3. The van der Waals surface area contributed by atoms with Crippen molar-refractivity contribution in [2.24, 2.45) is 5.92 Å². The molecule has 0 bridgehead atoms. The predicted octanol–water partition coefficient (Wildman–Crippen LogP) is 4.08. The smallest absolute Gasteiger partial charge is 0.0661 e. The highest BCUT2D eigenvalue weighted by atomic mass is 35.5. The molecule has 1 saturated carbocycles. The van der Waals surface area contributed by atoms with Crippen molar-refractivity contribution in [3.63, 3.8) is 0 Å². The van der Waals surface area contributed by atoms with Crippen LogP contribution in [0.5, 0.6) is 0 Å². The van der Waals surface area contributed by atoms with Gasteiger partial charge in [0.2, 0.25) is 0 Å². The molecule has 0 aromatic heterocycles. The zero-order valence-electron chi connectivity index (χ0n) is 11.0. The van der Waals surface area contributed by atoms with E-state index in [9.17, 15) is 5.11 Å². The van der Waals surface area contributed by atoms with E-state index in [-0.39, 0.29) is 12.1 Å². The van der Waals surface area contributed by atoms with Crippen LogP contribution in [0.3, 0.4) is 0 Å². The van der Waals surface area contributed by atoms with Gasteiger partial charge in [-0.1, -0.05) is 37.4 Å². The highest BCUT2D eigenvalue weighted by Gasteiger charge is 2.31. The molecule has 1 aromatic rings. The van der Waals surface area contributed by atoms with Gasteiger partial charge in [0.1, 0.15) is 0 Å². The van der Waals surface area contributed by atoms with Crippen molar-refractivity contribution >= 4 is 17.3 Å². The lowest BCUT2D eigenvalue weighted by molar-refractivity contribution is 0.195. The monoisotopic (exact) mass is 267 g/mol. The molecule has 1 fully saturated rings. The third-order valence-electron chi connectivity index (χ3n) is 4.00. The van der Waals surface area contributed by atoms with E-state index in [1.54, 1.807) is 0 Å². The number of halogens is 1. The summed E-state index contributed by atoms with van der Waals surface area (Å²) in [4.78, 5) is 0. The maximum atomic E-state index is 9.79. The average Bonchev–Trinajstić information content (AvgIpc) is 2.53. The fourth-order valence-electron chi connectivity index (χ4n) is 2.78. The first-order valence-corrected chi connectivity index (χ1v) is 7.16. The quantitative estimate of drug-likeness (QED) is 0.809. The molecule has 2 atom stereocenters. The summed E-state index contributed by atoms with van der Waals surface area (Å²) in [6.07, 6.45) is 5.67. The molecule has 0 radical (unpaired) electrons. The Morgan fingerprint density at radius 2 is 2.22 bits per heavy atom. The highest BCUT2D eigenvalue weighted by Crippen LogP contribution is 2.33. The summed E-state index contributed by atoms with van der Waals surface area (Å²) in [5, 5.41) is 14.0. The van der Waals surface area contributed by atoms with Crippen LogP contribution in [-0.2, 0) is 0 Å². The van der Waals surface area contributed by atoms with Crippen LogP contribution in [0.25, 0.3) is 0 Å². The highest BCUT2D eigenvalue weighted by molar-refractivity contribution is 6.30. The molecule has 2 unspecified atom stereocenters. The Kier molecular flexibility index (Phi) is 4.52. The Bertz CT molecular complexity index is 396. The summed E-state index contributed by atoms with van der Waals surface area (Å²) in [5.74, 6) is 0.764. The molecule has 100 valence electrons. The second-order valence-corrected chi connectivity index (χ2v) is 6.05. The van der Waals surface area contributed by atoms with Gasteiger partial charge >= 0.3 is 0 Å². The van der Waals surface area contributed by atoms with Crippen LogP contribution in [0, 0.1) is 5.92 Å². The fourth-order valence-corrected chi connectivity index (χ4v) is 2.97. The minimum Gasteiger partial charge on any atom is -0.394 e. The normalized spacial score (nSPS) is 28.7.